The fourth-order valence-electron chi connectivity index (χ4n) is 17.5. The lowest BCUT2D eigenvalue weighted by molar-refractivity contribution is -0.135. The fourth-order valence-corrected chi connectivity index (χ4v) is 17.5. The Hall–Kier alpha value is -6.10. The Balaban J connectivity index is 0.994. The maximum Gasteiger partial charge on any atom is 0.340 e. The number of esters is 2. The highest BCUT2D eigenvalue weighted by Crippen LogP contribution is 2.72. The van der Waals surface area contributed by atoms with Crippen LogP contribution in [0.1, 0.15) is 125 Å². The molecular formula is C71H82N4O7. The number of ether oxygens (including phenoxy) is 2. The molecule has 0 amide bonds. The van der Waals surface area contributed by atoms with Crippen molar-refractivity contribution in [3.05, 3.63) is 165 Å². The maximum absolute atomic E-state index is 15.3. The molecule has 14 bridgehead atoms. The maximum atomic E-state index is 15.3. The Labute approximate surface area is 484 Å². The summed E-state index contributed by atoms with van der Waals surface area (Å²) in [5.74, 6) is 7.70. The van der Waals surface area contributed by atoms with E-state index in [1.165, 1.54) is 16.7 Å². The van der Waals surface area contributed by atoms with Crippen LogP contribution in [-0.2, 0) is 38.4 Å². The lowest BCUT2D eigenvalue weighted by atomic mass is 9.44. The van der Waals surface area contributed by atoms with Gasteiger partial charge in [0.2, 0.25) is 0 Å². The van der Waals surface area contributed by atoms with Gasteiger partial charge < -0.3 is 46.1 Å². The van der Waals surface area contributed by atoms with E-state index in [0.29, 0.717) is 67.4 Å². The number of piperidine rings is 1. The van der Waals surface area contributed by atoms with Gasteiger partial charge in [0, 0.05) is 48.5 Å². The minimum atomic E-state index is -1.08. The molecule has 6 aliphatic heterocycles. The van der Waals surface area contributed by atoms with Gasteiger partial charge in [-0.15, -0.1) is 0 Å². The zero-order valence-corrected chi connectivity index (χ0v) is 48.1. The second-order valence-corrected chi connectivity index (χ2v) is 26.2. The Morgan fingerprint density at radius 3 is 2.55 bits per heavy atom. The predicted molar refractivity (Wildman–Crippen MR) is 319 cm³/mol. The fraction of sp³-hybridized carbons (Fsp3) is 0.493. The van der Waals surface area contributed by atoms with Crippen molar-refractivity contribution in [1.82, 2.24) is 21.3 Å². The van der Waals surface area contributed by atoms with E-state index in [1.54, 1.807) is 6.07 Å². The molecule has 2 saturated heterocycles. The highest BCUT2D eigenvalue weighted by molar-refractivity contribution is 6.07. The molecule has 4 aromatic rings. The van der Waals surface area contributed by atoms with Gasteiger partial charge in [0.15, 0.2) is 0 Å². The number of phenolic OH excluding ortho intramolecular Hbond substituents is 1. The van der Waals surface area contributed by atoms with E-state index >= 15 is 9.59 Å². The number of aromatic hydroxyl groups is 1. The topological polar surface area (TPSA) is 161 Å². The van der Waals surface area contributed by atoms with Crippen molar-refractivity contribution in [1.29, 1.82) is 0 Å². The number of fused-ring (bicyclic) bond motifs is 5. The predicted octanol–water partition coefficient (Wildman–Crippen LogP) is 10.8. The van der Waals surface area contributed by atoms with Gasteiger partial charge in [0.1, 0.15) is 17.3 Å². The zero-order valence-electron chi connectivity index (χ0n) is 48.1. The first kappa shape index (κ1) is 55.1. The lowest BCUT2D eigenvalue weighted by Crippen LogP contribution is -2.52. The van der Waals surface area contributed by atoms with Crippen molar-refractivity contribution < 1.29 is 34.4 Å². The molecule has 7 N–H and O–H groups in total. The van der Waals surface area contributed by atoms with Crippen LogP contribution in [-0.4, -0.2) is 72.3 Å². The van der Waals surface area contributed by atoms with E-state index in [4.69, 9.17) is 9.47 Å². The summed E-state index contributed by atoms with van der Waals surface area (Å²) in [5, 5.41) is 49.5. The minimum Gasteiger partial charge on any atom is -0.508 e. The third-order valence-electron chi connectivity index (χ3n) is 21.3. The SMILES string of the molecule is CCC(C=C1OC(=O)C2=C3c4cc(O)ccc4-c4cccc(c4)CNCCc4cccc(c4)C4NCC(C)(O)CC#CC(CO)CC5CC(C6CCNC(NC)C6)(CC=C6OC(=O)C7=C6CCC6C3CCC12C76)CC54)Cc1ccccc1. The molecule has 5 aliphatic carbocycles. The van der Waals surface area contributed by atoms with Crippen LogP contribution >= 0.6 is 0 Å². The summed E-state index contributed by atoms with van der Waals surface area (Å²) in [6.45, 7) is 6.71. The highest BCUT2D eigenvalue weighted by atomic mass is 16.6. The molecule has 13 atom stereocenters. The average Bonchev–Trinajstić information content (AvgIpc) is 1.47. The largest absolute Gasteiger partial charge is 0.508 e. The Morgan fingerprint density at radius 1 is 0.854 bits per heavy atom. The van der Waals surface area contributed by atoms with Crippen LogP contribution in [0.25, 0.3) is 16.7 Å². The van der Waals surface area contributed by atoms with E-state index < -0.39 is 11.0 Å². The molecule has 428 valence electrons. The normalized spacial score (nSPS) is 34.2. The third kappa shape index (κ3) is 10.0. The summed E-state index contributed by atoms with van der Waals surface area (Å²) < 4.78 is 13.5. The van der Waals surface area contributed by atoms with Crippen LogP contribution in [0.15, 0.2) is 137 Å². The van der Waals surface area contributed by atoms with Gasteiger partial charge in [-0.1, -0.05) is 97.6 Å². The minimum absolute atomic E-state index is 0.0128. The van der Waals surface area contributed by atoms with E-state index in [-0.39, 0.29) is 83.3 Å². The second kappa shape index (κ2) is 22.5. The molecular weight excluding hydrogens is 1020 g/mol. The van der Waals surface area contributed by atoms with E-state index in [0.717, 1.165) is 111 Å². The van der Waals surface area contributed by atoms with Gasteiger partial charge >= 0.3 is 11.9 Å². The molecule has 6 heterocycles. The summed E-state index contributed by atoms with van der Waals surface area (Å²) in [6.07, 6.45) is 15.7. The molecule has 0 aromatic heterocycles. The van der Waals surface area contributed by atoms with Crippen LogP contribution < -0.4 is 21.3 Å². The number of β-amino-alcohol motifs (C(OH)–C–C–N with tert-alkyl or cyclic N) is 1. The molecule has 4 aromatic carbocycles. The molecule has 4 fully saturated rings. The lowest BCUT2D eigenvalue weighted by Gasteiger charge is -2.56. The van der Waals surface area contributed by atoms with E-state index in [9.17, 15) is 15.3 Å². The first-order valence-corrected chi connectivity index (χ1v) is 30.9. The summed E-state index contributed by atoms with van der Waals surface area (Å²) in [6, 6.07) is 33.7. The number of hydrogen-bond donors (Lipinski definition) is 7. The van der Waals surface area contributed by atoms with Crippen LogP contribution in [0.4, 0.5) is 0 Å². The van der Waals surface area contributed by atoms with Gasteiger partial charge in [0.25, 0.3) is 0 Å². The molecule has 11 nitrogen and oxygen atoms in total. The number of benzene rings is 4. The monoisotopic (exact) mass is 1100 g/mol. The smallest absolute Gasteiger partial charge is 0.340 e. The van der Waals surface area contributed by atoms with Gasteiger partial charge in [-0.25, -0.2) is 9.59 Å². The summed E-state index contributed by atoms with van der Waals surface area (Å²) in [7, 11) is 2.04. The molecule has 11 aliphatic rings. The molecule has 15 rings (SSSR count). The number of aliphatic hydroxyl groups is 2. The second-order valence-electron chi connectivity index (χ2n) is 26.2. The van der Waals surface area contributed by atoms with Crippen LogP contribution in [0.2, 0.25) is 0 Å². The number of hydrogen-bond acceptors (Lipinski definition) is 11. The average molecular weight is 1100 g/mol. The molecule has 2 saturated carbocycles. The first-order chi connectivity index (χ1) is 39.9. The number of nitrogens with one attached hydrogen (secondary N) is 4. The Bertz CT molecular complexity index is 3330. The number of cyclic esters (lactones) is 1. The Morgan fingerprint density at radius 2 is 1.71 bits per heavy atom. The number of carbonyl (C=O) groups excluding carboxylic acids is 2. The van der Waals surface area contributed by atoms with Gasteiger partial charge in [-0.05, 0) is 226 Å². The summed E-state index contributed by atoms with van der Waals surface area (Å²) >= 11 is 0. The summed E-state index contributed by atoms with van der Waals surface area (Å²) in [5.41, 5.74) is 8.71. The molecule has 13 unspecified atom stereocenters. The van der Waals surface area contributed by atoms with Crippen LogP contribution in [0.3, 0.4) is 0 Å². The van der Waals surface area contributed by atoms with Crippen molar-refractivity contribution in [2.24, 2.45) is 58.2 Å². The standard InChI is InChI=1S/C71H82N4O7/c1-4-43(31-44-11-6-5-7-12-44)35-60-71-28-22-54-55-20-21-56-59(81-67(78)63(56)64(55)71)23-27-70(51-25-30-74-61(36-51)72-3)38-50-34-47(41-76)15-10-26-69(2,80)42-75-66(58(50)39-70)49-17-8-13-45(32-49)24-29-73-40-46-14-9-16-48(33-46)53-19-18-52(77)37-57(53)62(54)65(71)68(79)82-60/h5-9,11-14,16-19,23,32-33,35,37,43,47,50-51,54-55,58,61,64,66,72-77,80H,4,20-22,24-31,34,36,38-42H2,1-3H3. The number of rotatable bonds is 7. The Kier molecular flexibility index (Phi) is 15.1. The number of phenols is 1. The highest BCUT2D eigenvalue weighted by Gasteiger charge is 2.69. The number of allylic oxidation sites excluding steroid dienone is 5. The molecule has 11 heteroatoms. The third-order valence-corrected chi connectivity index (χ3v) is 21.3. The molecule has 82 heavy (non-hydrogen) atoms. The number of carbonyl (C=O) groups is 2. The van der Waals surface area contributed by atoms with E-state index in [2.05, 4.69) is 125 Å². The number of aliphatic hydroxyl groups excluding tert-OH is 1. The van der Waals surface area contributed by atoms with Gasteiger partial charge in [-0.2, -0.15) is 0 Å². The summed E-state index contributed by atoms with van der Waals surface area (Å²) in [4.78, 5) is 30.7. The van der Waals surface area contributed by atoms with Crippen LogP contribution in [0, 0.1) is 70.0 Å². The van der Waals surface area contributed by atoms with Crippen molar-refractivity contribution in [2.45, 2.75) is 128 Å². The van der Waals surface area contributed by atoms with Crippen molar-refractivity contribution in [2.75, 3.05) is 33.3 Å². The van der Waals surface area contributed by atoms with Crippen molar-refractivity contribution >= 4 is 17.5 Å². The molecule has 1 spiro atoms. The molecule has 0 radical (unpaired) electrons. The zero-order chi connectivity index (χ0) is 56.3. The quantitative estimate of drug-likeness (QED) is 0.0697. The first-order valence-electron chi connectivity index (χ1n) is 30.9. The van der Waals surface area contributed by atoms with Gasteiger partial charge in [0.05, 0.1) is 29.4 Å². The van der Waals surface area contributed by atoms with Gasteiger partial charge in [-0.3, -0.25) is 0 Å². The van der Waals surface area contributed by atoms with Crippen LogP contribution in [0.5, 0.6) is 5.75 Å². The van der Waals surface area contributed by atoms with Crippen molar-refractivity contribution in [3.8, 4) is 28.7 Å². The van der Waals surface area contributed by atoms with Crippen molar-refractivity contribution in [3.63, 3.8) is 0 Å². The van der Waals surface area contributed by atoms with E-state index in [1.807, 2.05) is 32.2 Å².